The van der Waals surface area contributed by atoms with Crippen molar-refractivity contribution in [3.05, 3.63) is 101 Å². The zero-order valence-corrected chi connectivity index (χ0v) is 21.0. The van der Waals surface area contributed by atoms with E-state index in [0.29, 0.717) is 6.42 Å². The number of hydrogen-bond acceptors (Lipinski definition) is 3. The normalized spacial score (nSPS) is 15.7. The molecule has 0 bridgehead atoms. The Morgan fingerprint density at radius 3 is 2.34 bits per heavy atom. The van der Waals surface area contributed by atoms with E-state index in [2.05, 4.69) is 75.4 Å². The second kappa shape index (κ2) is 9.10. The minimum atomic E-state index is -0.142. The molecule has 176 valence electrons. The van der Waals surface area contributed by atoms with Crippen molar-refractivity contribution in [3.8, 4) is 11.1 Å². The Balaban J connectivity index is 1.75. The van der Waals surface area contributed by atoms with Crippen molar-refractivity contribution in [1.82, 2.24) is 9.99 Å². The number of carbonyl (C=O) groups excluding carboxylic acids is 1. The van der Waals surface area contributed by atoms with Gasteiger partial charge in [-0.25, -0.2) is 5.01 Å². The van der Waals surface area contributed by atoms with Gasteiger partial charge in [-0.3, -0.25) is 9.78 Å². The first kappa shape index (κ1) is 23.0. The van der Waals surface area contributed by atoms with Gasteiger partial charge < -0.3 is 0 Å². The molecule has 1 atom stereocenters. The first-order chi connectivity index (χ1) is 16.8. The molecule has 35 heavy (non-hydrogen) atoms. The molecular formula is C31H31N3O. The van der Waals surface area contributed by atoms with Crippen LogP contribution in [0, 0.1) is 26.7 Å². The fourth-order valence-corrected chi connectivity index (χ4v) is 5.09. The van der Waals surface area contributed by atoms with E-state index in [9.17, 15) is 4.79 Å². The number of hydrogen-bond donors (Lipinski definition) is 0. The van der Waals surface area contributed by atoms with Crippen LogP contribution in [-0.2, 0) is 4.79 Å². The van der Waals surface area contributed by atoms with E-state index in [1.165, 1.54) is 11.1 Å². The van der Waals surface area contributed by atoms with E-state index in [0.717, 1.165) is 44.6 Å². The number of aryl methyl sites for hydroxylation is 3. The number of rotatable bonds is 4. The Labute approximate surface area is 207 Å². The first-order valence-corrected chi connectivity index (χ1v) is 12.3. The third-order valence-electron chi connectivity index (χ3n) is 6.85. The van der Waals surface area contributed by atoms with E-state index in [-0.39, 0.29) is 17.9 Å². The predicted molar refractivity (Wildman–Crippen MR) is 143 cm³/mol. The summed E-state index contributed by atoms with van der Waals surface area (Å²) in [4.78, 5) is 18.3. The van der Waals surface area contributed by atoms with Crippen LogP contribution in [0.15, 0.2) is 77.9 Å². The molecule has 1 aliphatic heterocycles. The van der Waals surface area contributed by atoms with Gasteiger partial charge in [0.15, 0.2) is 0 Å². The van der Waals surface area contributed by atoms with Crippen molar-refractivity contribution < 1.29 is 4.79 Å². The average molecular weight is 462 g/mol. The van der Waals surface area contributed by atoms with Gasteiger partial charge in [-0.05, 0) is 49.6 Å². The van der Waals surface area contributed by atoms with Crippen molar-refractivity contribution in [1.29, 1.82) is 0 Å². The molecule has 3 aromatic carbocycles. The second-order valence-corrected chi connectivity index (χ2v) is 9.79. The molecule has 2 heterocycles. The fraction of sp³-hybridized carbons (Fsp3) is 0.258. The standard InChI is InChI=1S/C31H31N3O/c1-19(2)31(35)34-28(24-14-10-9-11-21(24)4)18-27(33-34)29-22(5)32-26-16-15-20(3)17-25(26)30(29)23-12-7-6-8-13-23/h6-17,19,28H,18H2,1-5H3. The molecule has 0 aliphatic carbocycles. The third-order valence-corrected chi connectivity index (χ3v) is 6.85. The van der Waals surface area contributed by atoms with Gasteiger partial charge in [0, 0.05) is 34.5 Å². The van der Waals surface area contributed by atoms with Crippen molar-refractivity contribution in [2.45, 2.75) is 47.1 Å². The summed E-state index contributed by atoms with van der Waals surface area (Å²) < 4.78 is 0. The molecule has 1 unspecified atom stereocenters. The molecule has 4 heteroatoms. The van der Waals surface area contributed by atoms with Crippen LogP contribution in [0.3, 0.4) is 0 Å². The molecular weight excluding hydrogens is 430 g/mol. The zero-order chi connectivity index (χ0) is 24.7. The highest BCUT2D eigenvalue weighted by Crippen LogP contribution is 2.40. The van der Waals surface area contributed by atoms with Gasteiger partial charge in [0.2, 0.25) is 5.91 Å². The average Bonchev–Trinajstić information content (AvgIpc) is 3.28. The summed E-state index contributed by atoms with van der Waals surface area (Å²) in [5.74, 6) is -0.103. The third kappa shape index (κ3) is 4.14. The second-order valence-electron chi connectivity index (χ2n) is 9.79. The van der Waals surface area contributed by atoms with Gasteiger partial charge in [0.1, 0.15) is 0 Å². The SMILES string of the molecule is Cc1ccc2nc(C)c(C3=NN(C(=O)C(C)C)C(c4ccccc4C)C3)c(-c3ccccc3)c2c1. The van der Waals surface area contributed by atoms with Crippen LogP contribution in [-0.4, -0.2) is 21.6 Å². The number of carbonyl (C=O) groups is 1. The van der Waals surface area contributed by atoms with Crippen LogP contribution in [0.4, 0.5) is 0 Å². The van der Waals surface area contributed by atoms with Gasteiger partial charge in [-0.2, -0.15) is 5.10 Å². The van der Waals surface area contributed by atoms with Crippen LogP contribution in [0.5, 0.6) is 0 Å². The van der Waals surface area contributed by atoms with E-state index in [1.807, 2.05) is 32.0 Å². The smallest absolute Gasteiger partial charge is 0.245 e. The Bertz CT molecular complexity index is 1450. The Morgan fingerprint density at radius 2 is 1.63 bits per heavy atom. The molecule has 5 rings (SSSR count). The highest BCUT2D eigenvalue weighted by Gasteiger charge is 2.36. The Kier molecular flexibility index (Phi) is 5.98. The van der Waals surface area contributed by atoms with Gasteiger partial charge in [-0.15, -0.1) is 0 Å². The predicted octanol–water partition coefficient (Wildman–Crippen LogP) is 7.16. The summed E-state index contributed by atoms with van der Waals surface area (Å²) in [5.41, 5.74) is 9.62. The quantitative estimate of drug-likeness (QED) is 0.324. The van der Waals surface area contributed by atoms with Crippen molar-refractivity contribution in [3.63, 3.8) is 0 Å². The van der Waals surface area contributed by atoms with Crippen LogP contribution in [0.2, 0.25) is 0 Å². The van der Waals surface area contributed by atoms with E-state index in [4.69, 9.17) is 10.1 Å². The summed E-state index contributed by atoms with van der Waals surface area (Å²) in [6.07, 6.45) is 0.656. The minimum Gasteiger partial charge on any atom is -0.273 e. The minimum absolute atomic E-state index is 0.0387. The summed E-state index contributed by atoms with van der Waals surface area (Å²) in [7, 11) is 0. The lowest BCUT2D eigenvalue weighted by Gasteiger charge is -2.24. The van der Waals surface area contributed by atoms with Gasteiger partial charge in [0.25, 0.3) is 0 Å². The molecule has 4 nitrogen and oxygen atoms in total. The van der Waals surface area contributed by atoms with Crippen molar-refractivity contribution in [2.75, 3.05) is 0 Å². The van der Waals surface area contributed by atoms with Crippen molar-refractivity contribution >= 4 is 22.5 Å². The number of nitrogens with zero attached hydrogens (tertiary/aromatic N) is 3. The number of benzene rings is 3. The van der Waals surface area contributed by atoms with Crippen molar-refractivity contribution in [2.24, 2.45) is 11.0 Å². The monoisotopic (exact) mass is 461 g/mol. The van der Waals surface area contributed by atoms with Gasteiger partial charge in [0.05, 0.1) is 17.3 Å². The topological polar surface area (TPSA) is 45.6 Å². The molecule has 0 saturated carbocycles. The number of aromatic nitrogens is 1. The molecule has 1 amide bonds. The molecule has 1 aliphatic rings. The first-order valence-electron chi connectivity index (χ1n) is 12.3. The van der Waals surface area contributed by atoms with E-state index in [1.54, 1.807) is 5.01 Å². The molecule has 0 spiro atoms. The molecule has 4 aromatic rings. The zero-order valence-electron chi connectivity index (χ0n) is 21.0. The van der Waals surface area contributed by atoms with Gasteiger partial charge in [-0.1, -0.05) is 80.1 Å². The van der Waals surface area contributed by atoms with Crippen LogP contribution in [0.25, 0.3) is 22.0 Å². The summed E-state index contributed by atoms with van der Waals surface area (Å²) in [6, 6.07) is 25.0. The lowest BCUT2D eigenvalue weighted by atomic mass is 9.88. The lowest BCUT2D eigenvalue weighted by molar-refractivity contribution is -0.136. The maximum Gasteiger partial charge on any atom is 0.245 e. The van der Waals surface area contributed by atoms with Crippen LogP contribution in [0.1, 0.15) is 54.3 Å². The molecule has 0 fully saturated rings. The van der Waals surface area contributed by atoms with Crippen LogP contribution >= 0.6 is 0 Å². The number of amides is 1. The van der Waals surface area contributed by atoms with E-state index < -0.39 is 0 Å². The summed E-state index contributed by atoms with van der Waals surface area (Å²) >= 11 is 0. The summed E-state index contributed by atoms with van der Waals surface area (Å²) in [5, 5.41) is 7.85. The number of fused-ring (bicyclic) bond motifs is 1. The maximum absolute atomic E-state index is 13.3. The lowest BCUT2D eigenvalue weighted by Crippen LogP contribution is -2.30. The largest absolute Gasteiger partial charge is 0.273 e. The Hall–Kier alpha value is -3.79. The van der Waals surface area contributed by atoms with Gasteiger partial charge >= 0.3 is 0 Å². The molecule has 0 radical (unpaired) electrons. The Morgan fingerprint density at radius 1 is 0.914 bits per heavy atom. The highest BCUT2D eigenvalue weighted by molar-refractivity contribution is 6.14. The van der Waals surface area contributed by atoms with Crippen LogP contribution < -0.4 is 0 Å². The fourth-order valence-electron chi connectivity index (χ4n) is 5.09. The van der Waals surface area contributed by atoms with E-state index >= 15 is 0 Å². The number of pyridine rings is 1. The maximum atomic E-state index is 13.3. The molecule has 0 saturated heterocycles. The summed E-state index contributed by atoms with van der Waals surface area (Å²) in [6.45, 7) is 10.1. The highest BCUT2D eigenvalue weighted by atomic mass is 16.2. The molecule has 1 aromatic heterocycles. The molecule has 0 N–H and O–H groups in total. The number of hydrazone groups is 1.